The van der Waals surface area contributed by atoms with Crippen LogP contribution in [0.1, 0.15) is 5.69 Å². The number of para-hydroxylation sites is 2. The average molecular weight is 254 g/mol. The van der Waals surface area contributed by atoms with Crippen molar-refractivity contribution in [1.29, 1.82) is 0 Å². The molecule has 1 aliphatic heterocycles. The maximum atomic E-state index is 5.80. The van der Waals surface area contributed by atoms with Crippen LogP contribution >= 0.6 is 0 Å². The van der Waals surface area contributed by atoms with Crippen molar-refractivity contribution < 1.29 is 0 Å². The zero-order valence-corrected chi connectivity index (χ0v) is 11.1. The molecule has 2 N–H and O–H groups in total. The molecule has 1 aromatic carbocycles. The van der Waals surface area contributed by atoms with Gasteiger partial charge < -0.3 is 15.5 Å². The van der Waals surface area contributed by atoms with E-state index in [4.69, 9.17) is 5.73 Å². The van der Waals surface area contributed by atoms with Gasteiger partial charge in [-0.15, -0.1) is 0 Å². The number of hydrogen-bond acceptors (Lipinski definition) is 4. The number of pyridine rings is 1. The molecular formula is C15H18N4. The lowest BCUT2D eigenvalue weighted by atomic mass is 10.1. The van der Waals surface area contributed by atoms with Gasteiger partial charge in [0.25, 0.3) is 0 Å². The minimum Gasteiger partial charge on any atom is -0.371 e. The first-order chi connectivity index (χ1) is 9.31. The number of nitrogens with zero attached hydrogens (tertiary/aromatic N) is 3. The third kappa shape index (κ3) is 2.04. The van der Waals surface area contributed by atoms with Crippen LogP contribution in [0.2, 0.25) is 0 Å². The molecule has 0 fully saturated rings. The second kappa shape index (κ2) is 4.90. The Kier molecular flexibility index (Phi) is 3.09. The van der Waals surface area contributed by atoms with Crippen LogP contribution in [0, 0.1) is 0 Å². The van der Waals surface area contributed by atoms with Crippen LogP contribution in [0.15, 0.2) is 42.6 Å². The van der Waals surface area contributed by atoms with Crippen molar-refractivity contribution in [2.75, 3.05) is 29.9 Å². The monoisotopic (exact) mass is 254 g/mol. The minimum absolute atomic E-state index is 0.463. The fourth-order valence-corrected chi connectivity index (χ4v) is 2.59. The summed E-state index contributed by atoms with van der Waals surface area (Å²) in [6.45, 7) is 2.41. The first-order valence-electron chi connectivity index (χ1n) is 6.53. The van der Waals surface area contributed by atoms with Gasteiger partial charge in [0.2, 0.25) is 0 Å². The molecule has 0 bridgehead atoms. The van der Waals surface area contributed by atoms with Crippen LogP contribution in [0.3, 0.4) is 0 Å². The molecule has 2 heterocycles. The third-order valence-corrected chi connectivity index (χ3v) is 3.59. The van der Waals surface area contributed by atoms with Crippen molar-refractivity contribution in [2.24, 2.45) is 5.73 Å². The van der Waals surface area contributed by atoms with Gasteiger partial charge in [0, 0.05) is 32.9 Å². The summed E-state index contributed by atoms with van der Waals surface area (Å²) in [6, 6.07) is 12.5. The second-order valence-corrected chi connectivity index (χ2v) is 4.74. The van der Waals surface area contributed by atoms with E-state index in [9.17, 15) is 0 Å². The summed E-state index contributed by atoms with van der Waals surface area (Å²) in [5.41, 5.74) is 10.3. The molecule has 0 radical (unpaired) electrons. The fourth-order valence-electron chi connectivity index (χ4n) is 2.59. The van der Waals surface area contributed by atoms with Gasteiger partial charge >= 0.3 is 0 Å². The van der Waals surface area contributed by atoms with Gasteiger partial charge in [-0.25, -0.2) is 0 Å². The third-order valence-electron chi connectivity index (χ3n) is 3.59. The standard InChI is InChI=1S/C15H18N4/c1-18-9-10-19(15-6-3-2-5-14(15)18)13-7-4-8-17-12(13)11-16/h2-8H,9-11,16H2,1H3. The quantitative estimate of drug-likeness (QED) is 0.891. The Labute approximate surface area is 113 Å². The summed E-state index contributed by atoms with van der Waals surface area (Å²) >= 11 is 0. The Morgan fingerprint density at radius 1 is 1.05 bits per heavy atom. The number of benzene rings is 1. The second-order valence-electron chi connectivity index (χ2n) is 4.74. The number of hydrogen-bond donors (Lipinski definition) is 1. The zero-order valence-electron chi connectivity index (χ0n) is 11.1. The largest absolute Gasteiger partial charge is 0.371 e. The minimum atomic E-state index is 0.463. The molecular weight excluding hydrogens is 236 g/mol. The normalized spacial score (nSPS) is 14.4. The number of anilines is 3. The van der Waals surface area contributed by atoms with Crippen LogP contribution in [0.25, 0.3) is 0 Å². The predicted octanol–water partition coefficient (Wildman–Crippen LogP) is 2.13. The number of fused-ring (bicyclic) bond motifs is 1. The first kappa shape index (κ1) is 12.0. The Morgan fingerprint density at radius 3 is 2.58 bits per heavy atom. The van der Waals surface area contributed by atoms with E-state index < -0.39 is 0 Å². The number of aromatic nitrogens is 1. The first-order valence-corrected chi connectivity index (χ1v) is 6.53. The lowest BCUT2D eigenvalue weighted by Gasteiger charge is -2.37. The van der Waals surface area contributed by atoms with E-state index in [1.165, 1.54) is 11.4 Å². The highest BCUT2D eigenvalue weighted by atomic mass is 15.3. The van der Waals surface area contributed by atoms with Crippen molar-refractivity contribution in [3.63, 3.8) is 0 Å². The summed E-state index contributed by atoms with van der Waals surface area (Å²) < 4.78 is 0. The summed E-state index contributed by atoms with van der Waals surface area (Å²) in [6.07, 6.45) is 1.80. The molecule has 0 saturated carbocycles. The zero-order chi connectivity index (χ0) is 13.2. The van der Waals surface area contributed by atoms with Crippen LogP contribution < -0.4 is 15.5 Å². The lowest BCUT2D eigenvalue weighted by Crippen LogP contribution is -2.37. The molecule has 4 heteroatoms. The van der Waals surface area contributed by atoms with Gasteiger partial charge in [-0.1, -0.05) is 12.1 Å². The molecule has 2 aromatic rings. The van der Waals surface area contributed by atoms with Gasteiger partial charge in [0.15, 0.2) is 0 Å². The summed E-state index contributed by atoms with van der Waals surface area (Å²) in [7, 11) is 2.13. The van der Waals surface area contributed by atoms with Crippen molar-refractivity contribution in [2.45, 2.75) is 6.54 Å². The van der Waals surface area contributed by atoms with Crippen LogP contribution in [-0.4, -0.2) is 25.1 Å². The van der Waals surface area contributed by atoms with Gasteiger partial charge in [-0.05, 0) is 24.3 Å². The van der Waals surface area contributed by atoms with E-state index in [2.05, 4.69) is 52.2 Å². The molecule has 0 spiro atoms. The molecule has 3 rings (SSSR count). The summed E-state index contributed by atoms with van der Waals surface area (Å²) in [5.74, 6) is 0. The van der Waals surface area contributed by atoms with Crippen molar-refractivity contribution in [3.8, 4) is 0 Å². The smallest absolute Gasteiger partial charge is 0.0775 e. The van der Waals surface area contributed by atoms with Crippen LogP contribution in [-0.2, 0) is 6.54 Å². The maximum Gasteiger partial charge on any atom is 0.0775 e. The molecule has 0 amide bonds. The molecule has 1 aliphatic rings. The molecule has 0 aliphatic carbocycles. The van der Waals surface area contributed by atoms with Gasteiger partial charge in [-0.2, -0.15) is 0 Å². The predicted molar refractivity (Wildman–Crippen MR) is 78.8 cm³/mol. The lowest BCUT2D eigenvalue weighted by molar-refractivity contribution is 0.812. The SMILES string of the molecule is CN1CCN(c2cccnc2CN)c2ccccc21. The van der Waals surface area contributed by atoms with Gasteiger partial charge in [0.05, 0.1) is 22.8 Å². The molecule has 0 unspecified atom stereocenters. The van der Waals surface area contributed by atoms with Crippen LogP contribution in [0.5, 0.6) is 0 Å². The van der Waals surface area contributed by atoms with E-state index in [1.54, 1.807) is 6.20 Å². The molecule has 0 atom stereocenters. The average Bonchev–Trinajstić information content (AvgIpc) is 2.48. The summed E-state index contributed by atoms with van der Waals surface area (Å²) in [5, 5.41) is 0. The van der Waals surface area contributed by atoms with E-state index in [-0.39, 0.29) is 0 Å². The molecule has 98 valence electrons. The van der Waals surface area contributed by atoms with E-state index in [1.807, 2.05) is 6.07 Å². The Balaban J connectivity index is 2.10. The fraction of sp³-hybridized carbons (Fsp3) is 0.267. The number of likely N-dealkylation sites (N-methyl/N-ethyl adjacent to an activating group) is 1. The van der Waals surface area contributed by atoms with Crippen molar-refractivity contribution in [1.82, 2.24) is 4.98 Å². The highest BCUT2D eigenvalue weighted by Crippen LogP contribution is 2.37. The highest BCUT2D eigenvalue weighted by Gasteiger charge is 2.22. The van der Waals surface area contributed by atoms with E-state index in [0.29, 0.717) is 6.54 Å². The molecule has 1 aromatic heterocycles. The van der Waals surface area contributed by atoms with E-state index >= 15 is 0 Å². The Hall–Kier alpha value is -2.07. The van der Waals surface area contributed by atoms with Gasteiger partial charge in [-0.3, -0.25) is 4.98 Å². The topological polar surface area (TPSA) is 45.4 Å². The molecule has 4 nitrogen and oxygen atoms in total. The van der Waals surface area contributed by atoms with E-state index in [0.717, 1.165) is 24.5 Å². The summed E-state index contributed by atoms with van der Waals surface area (Å²) in [4.78, 5) is 8.98. The molecule has 0 saturated heterocycles. The van der Waals surface area contributed by atoms with Crippen LogP contribution in [0.4, 0.5) is 17.1 Å². The highest BCUT2D eigenvalue weighted by molar-refractivity contribution is 5.79. The number of rotatable bonds is 2. The number of nitrogens with two attached hydrogens (primary N) is 1. The Bertz CT molecular complexity index is 582. The maximum absolute atomic E-state index is 5.80. The van der Waals surface area contributed by atoms with Crippen molar-refractivity contribution in [3.05, 3.63) is 48.3 Å². The van der Waals surface area contributed by atoms with Gasteiger partial charge in [0.1, 0.15) is 0 Å². The van der Waals surface area contributed by atoms with Crippen molar-refractivity contribution >= 4 is 17.1 Å². The Morgan fingerprint density at radius 2 is 1.79 bits per heavy atom. The molecule has 19 heavy (non-hydrogen) atoms.